The Morgan fingerprint density at radius 2 is 1.83 bits per heavy atom. The highest BCUT2D eigenvalue weighted by Crippen LogP contribution is 2.23. The summed E-state index contributed by atoms with van der Waals surface area (Å²) >= 11 is 0. The Labute approximate surface area is 140 Å². The Bertz CT molecular complexity index is 509. The minimum Gasteiger partial charge on any atom is -0.491 e. The van der Waals surface area contributed by atoms with Gasteiger partial charge in [-0.25, -0.2) is 0 Å². The molecule has 1 aliphatic rings. The highest BCUT2D eigenvalue weighted by Gasteiger charge is 2.49. The summed E-state index contributed by atoms with van der Waals surface area (Å²) in [6, 6.07) is 7.88. The molecule has 0 aromatic heterocycles. The molecule has 1 aliphatic heterocycles. The molecule has 1 atom stereocenters. The van der Waals surface area contributed by atoms with Crippen molar-refractivity contribution in [3.05, 3.63) is 29.8 Å². The van der Waals surface area contributed by atoms with Gasteiger partial charge in [0.25, 0.3) is 0 Å². The van der Waals surface area contributed by atoms with Gasteiger partial charge in [0.15, 0.2) is 0 Å². The maximum atomic E-state index is 10.5. The molecule has 4 nitrogen and oxygen atoms in total. The molecule has 1 saturated heterocycles. The summed E-state index contributed by atoms with van der Waals surface area (Å²) in [6.45, 7) is 11.6. The zero-order valence-electron chi connectivity index (χ0n) is 15.1. The van der Waals surface area contributed by atoms with E-state index in [0.717, 1.165) is 24.2 Å². The Morgan fingerprint density at radius 3 is 2.39 bits per heavy atom. The number of nitrogens with one attached hydrogen (secondary N) is 1. The van der Waals surface area contributed by atoms with Crippen LogP contribution in [0.2, 0.25) is 0 Å². The van der Waals surface area contributed by atoms with Gasteiger partial charge in [-0.2, -0.15) is 0 Å². The molecule has 0 bridgehead atoms. The molecular formula is C19H32NO3+. The van der Waals surface area contributed by atoms with Crippen LogP contribution in [0.5, 0.6) is 5.75 Å². The minimum absolute atomic E-state index is 0.0640. The lowest BCUT2D eigenvalue weighted by Gasteiger charge is -2.51. The molecule has 1 aromatic rings. The van der Waals surface area contributed by atoms with Crippen molar-refractivity contribution < 1.29 is 19.8 Å². The van der Waals surface area contributed by atoms with E-state index >= 15 is 0 Å². The fourth-order valence-corrected chi connectivity index (χ4v) is 4.16. The standard InChI is InChI=1S/C19H31NO3/c1-14-7-6-8-17(9-14)23-13-16(22)12-20-18(2,3)10-15(21)11-19(20,4)5/h6-9,15-16,21-22H,10-13H2,1-5H3/p+1/t16-/m1/s1. The molecule has 130 valence electrons. The largest absolute Gasteiger partial charge is 0.491 e. The second kappa shape index (κ2) is 6.80. The Morgan fingerprint density at radius 1 is 1.22 bits per heavy atom. The molecule has 0 amide bonds. The number of aryl methyl sites for hydroxylation is 1. The van der Waals surface area contributed by atoms with Crippen LogP contribution >= 0.6 is 0 Å². The number of quaternary nitrogens is 1. The zero-order chi connectivity index (χ0) is 17.3. The van der Waals surface area contributed by atoms with Crippen LogP contribution in [0.1, 0.15) is 46.1 Å². The summed E-state index contributed by atoms with van der Waals surface area (Å²) < 4.78 is 5.73. The Balaban J connectivity index is 1.96. The number of benzene rings is 1. The first-order valence-electron chi connectivity index (χ1n) is 8.52. The summed E-state index contributed by atoms with van der Waals surface area (Å²) in [5.41, 5.74) is 1.02. The highest BCUT2D eigenvalue weighted by atomic mass is 16.5. The average Bonchev–Trinajstić information content (AvgIpc) is 2.39. The molecule has 0 aliphatic carbocycles. The zero-order valence-corrected chi connectivity index (χ0v) is 15.1. The topological polar surface area (TPSA) is 54.1 Å². The van der Waals surface area contributed by atoms with Gasteiger partial charge < -0.3 is 19.8 Å². The normalized spacial score (nSPS) is 27.4. The number of hydrogen-bond donors (Lipinski definition) is 3. The fraction of sp³-hybridized carbons (Fsp3) is 0.684. The van der Waals surface area contributed by atoms with Gasteiger partial charge in [-0.15, -0.1) is 0 Å². The van der Waals surface area contributed by atoms with Crippen molar-refractivity contribution in [2.45, 2.75) is 70.7 Å². The molecule has 1 fully saturated rings. The first-order chi connectivity index (χ1) is 10.6. The van der Waals surface area contributed by atoms with Crippen LogP contribution in [0.25, 0.3) is 0 Å². The highest BCUT2D eigenvalue weighted by molar-refractivity contribution is 5.27. The van der Waals surface area contributed by atoms with Gasteiger partial charge in [0.2, 0.25) is 0 Å². The fourth-order valence-electron chi connectivity index (χ4n) is 4.16. The van der Waals surface area contributed by atoms with Gasteiger partial charge in [-0.3, -0.25) is 0 Å². The molecule has 0 saturated carbocycles. The number of likely N-dealkylation sites (tertiary alicyclic amines) is 1. The Kier molecular flexibility index (Phi) is 5.39. The molecule has 3 N–H and O–H groups in total. The molecule has 1 aromatic carbocycles. The van der Waals surface area contributed by atoms with Crippen LogP contribution < -0.4 is 9.64 Å². The van der Waals surface area contributed by atoms with Gasteiger partial charge in [0.1, 0.15) is 25.0 Å². The van der Waals surface area contributed by atoms with Crippen LogP contribution in [0.4, 0.5) is 0 Å². The van der Waals surface area contributed by atoms with E-state index in [2.05, 4.69) is 27.7 Å². The van der Waals surface area contributed by atoms with Gasteiger partial charge in [-0.1, -0.05) is 12.1 Å². The first kappa shape index (κ1) is 18.2. The van der Waals surface area contributed by atoms with E-state index in [0.29, 0.717) is 13.2 Å². The number of aliphatic hydroxyl groups is 2. The average molecular weight is 322 g/mol. The molecule has 0 radical (unpaired) electrons. The third kappa shape index (κ3) is 4.69. The van der Waals surface area contributed by atoms with Crippen LogP contribution in [-0.4, -0.2) is 46.7 Å². The second-order valence-electron chi connectivity index (χ2n) is 8.29. The van der Waals surface area contributed by atoms with Crippen molar-refractivity contribution >= 4 is 0 Å². The lowest BCUT2D eigenvalue weighted by molar-refractivity contribution is -1.00. The lowest BCUT2D eigenvalue weighted by atomic mass is 9.78. The van der Waals surface area contributed by atoms with E-state index in [1.165, 1.54) is 4.90 Å². The van der Waals surface area contributed by atoms with Crippen molar-refractivity contribution in [2.24, 2.45) is 0 Å². The van der Waals surface area contributed by atoms with Crippen molar-refractivity contribution in [1.82, 2.24) is 0 Å². The maximum Gasteiger partial charge on any atom is 0.137 e. The molecule has 2 rings (SSSR count). The predicted octanol–water partition coefficient (Wildman–Crippen LogP) is 1.33. The van der Waals surface area contributed by atoms with Crippen molar-refractivity contribution in [3.63, 3.8) is 0 Å². The van der Waals surface area contributed by atoms with Crippen LogP contribution in [0, 0.1) is 6.92 Å². The van der Waals surface area contributed by atoms with Gasteiger partial charge >= 0.3 is 0 Å². The number of rotatable bonds is 5. The van der Waals surface area contributed by atoms with Crippen LogP contribution in [0.3, 0.4) is 0 Å². The van der Waals surface area contributed by atoms with E-state index in [9.17, 15) is 10.2 Å². The molecular weight excluding hydrogens is 290 g/mol. The first-order valence-corrected chi connectivity index (χ1v) is 8.52. The molecule has 23 heavy (non-hydrogen) atoms. The SMILES string of the molecule is Cc1cccc(OC[C@H](O)C[NH+]2C(C)(C)CC(O)CC2(C)C)c1. The summed E-state index contributed by atoms with van der Waals surface area (Å²) in [5, 5.41) is 20.6. The second-order valence-corrected chi connectivity index (χ2v) is 8.29. The van der Waals surface area contributed by atoms with E-state index in [4.69, 9.17) is 4.74 Å². The minimum atomic E-state index is -0.528. The van der Waals surface area contributed by atoms with Crippen LogP contribution in [0.15, 0.2) is 24.3 Å². The molecule has 0 spiro atoms. The van der Waals surface area contributed by atoms with E-state index in [1.807, 2.05) is 31.2 Å². The monoisotopic (exact) mass is 322 g/mol. The number of aliphatic hydroxyl groups excluding tert-OH is 2. The molecule has 0 unspecified atom stereocenters. The number of piperidine rings is 1. The van der Waals surface area contributed by atoms with Crippen molar-refractivity contribution in [3.8, 4) is 5.75 Å². The molecule has 1 heterocycles. The van der Waals surface area contributed by atoms with Crippen molar-refractivity contribution in [2.75, 3.05) is 13.2 Å². The van der Waals surface area contributed by atoms with Crippen molar-refractivity contribution in [1.29, 1.82) is 0 Å². The Hall–Kier alpha value is -1.10. The summed E-state index contributed by atoms with van der Waals surface area (Å²) in [5.74, 6) is 0.798. The summed E-state index contributed by atoms with van der Waals surface area (Å²) in [7, 11) is 0. The van der Waals surface area contributed by atoms with Crippen LogP contribution in [-0.2, 0) is 0 Å². The summed E-state index contributed by atoms with van der Waals surface area (Å²) in [4.78, 5) is 1.33. The van der Waals surface area contributed by atoms with E-state index < -0.39 is 6.10 Å². The summed E-state index contributed by atoms with van der Waals surface area (Å²) in [6.07, 6.45) is 0.734. The van der Waals surface area contributed by atoms with E-state index in [-0.39, 0.29) is 17.2 Å². The quantitative estimate of drug-likeness (QED) is 0.767. The maximum absolute atomic E-state index is 10.5. The number of ether oxygens (including phenoxy) is 1. The number of hydrogen-bond acceptors (Lipinski definition) is 3. The third-order valence-corrected chi connectivity index (χ3v) is 5.00. The van der Waals surface area contributed by atoms with Gasteiger partial charge in [0.05, 0.1) is 17.2 Å². The third-order valence-electron chi connectivity index (χ3n) is 5.00. The van der Waals surface area contributed by atoms with Gasteiger partial charge in [-0.05, 0) is 52.3 Å². The van der Waals surface area contributed by atoms with E-state index in [1.54, 1.807) is 0 Å². The molecule has 4 heteroatoms. The smallest absolute Gasteiger partial charge is 0.137 e. The lowest BCUT2D eigenvalue weighted by Crippen LogP contribution is -3.27. The van der Waals surface area contributed by atoms with Gasteiger partial charge in [0, 0.05) is 12.8 Å². The predicted molar refractivity (Wildman–Crippen MR) is 91.9 cm³/mol.